The SMILES string of the molecule is CCN(Cc1ccco1)CC(O)CNCCOC. The first kappa shape index (κ1) is 15.2. The molecule has 0 saturated heterocycles. The molecule has 0 aliphatic rings. The smallest absolute Gasteiger partial charge is 0.117 e. The van der Waals surface area contributed by atoms with Crippen molar-refractivity contribution in [3.8, 4) is 0 Å². The van der Waals surface area contributed by atoms with Crippen molar-refractivity contribution in [1.29, 1.82) is 0 Å². The summed E-state index contributed by atoms with van der Waals surface area (Å²) in [5.74, 6) is 0.927. The Bertz CT molecular complexity index is 290. The zero-order valence-corrected chi connectivity index (χ0v) is 11.3. The number of nitrogens with zero attached hydrogens (tertiary/aromatic N) is 1. The van der Waals surface area contributed by atoms with Gasteiger partial charge in [-0.25, -0.2) is 0 Å². The van der Waals surface area contributed by atoms with Crippen LogP contribution >= 0.6 is 0 Å². The number of ether oxygens (including phenoxy) is 1. The molecule has 0 radical (unpaired) electrons. The van der Waals surface area contributed by atoms with Gasteiger partial charge < -0.3 is 19.6 Å². The average molecular weight is 256 g/mol. The van der Waals surface area contributed by atoms with E-state index in [-0.39, 0.29) is 6.10 Å². The second kappa shape index (κ2) is 9.10. The van der Waals surface area contributed by atoms with Crippen molar-refractivity contribution in [3.05, 3.63) is 24.2 Å². The van der Waals surface area contributed by atoms with Crippen LogP contribution in [0.2, 0.25) is 0 Å². The van der Waals surface area contributed by atoms with Gasteiger partial charge in [0.15, 0.2) is 0 Å². The van der Waals surface area contributed by atoms with E-state index in [4.69, 9.17) is 9.15 Å². The predicted molar refractivity (Wildman–Crippen MR) is 70.4 cm³/mol. The standard InChI is InChI=1S/C13H24N2O3/c1-3-15(11-13-5-4-7-18-13)10-12(16)9-14-6-8-17-2/h4-5,7,12,14,16H,3,6,8-11H2,1-2H3. The Kier molecular flexibility index (Phi) is 7.68. The first-order valence-electron chi connectivity index (χ1n) is 6.38. The molecule has 1 aromatic rings. The molecule has 1 atom stereocenters. The number of hydrogen-bond donors (Lipinski definition) is 2. The first-order valence-corrected chi connectivity index (χ1v) is 6.38. The van der Waals surface area contributed by atoms with Gasteiger partial charge in [-0.15, -0.1) is 0 Å². The van der Waals surface area contributed by atoms with Gasteiger partial charge in [0.05, 0.1) is 25.5 Å². The molecule has 18 heavy (non-hydrogen) atoms. The van der Waals surface area contributed by atoms with Crippen LogP contribution < -0.4 is 5.32 Å². The van der Waals surface area contributed by atoms with Crippen LogP contribution in [0.3, 0.4) is 0 Å². The van der Waals surface area contributed by atoms with Crippen molar-refractivity contribution in [2.45, 2.75) is 19.6 Å². The summed E-state index contributed by atoms with van der Waals surface area (Å²) in [5.41, 5.74) is 0. The van der Waals surface area contributed by atoms with Crippen LogP contribution in [-0.2, 0) is 11.3 Å². The van der Waals surface area contributed by atoms with Gasteiger partial charge in [-0.3, -0.25) is 4.90 Å². The van der Waals surface area contributed by atoms with E-state index >= 15 is 0 Å². The number of aliphatic hydroxyl groups excluding tert-OH is 1. The highest BCUT2D eigenvalue weighted by Gasteiger charge is 2.11. The van der Waals surface area contributed by atoms with Gasteiger partial charge in [-0.05, 0) is 18.7 Å². The third-order valence-electron chi connectivity index (χ3n) is 2.74. The molecule has 0 aliphatic heterocycles. The molecule has 0 bridgehead atoms. The predicted octanol–water partition coefficient (Wildman–Crippen LogP) is 0.698. The number of rotatable bonds is 10. The molecule has 0 aliphatic carbocycles. The van der Waals surface area contributed by atoms with Crippen LogP contribution in [0.1, 0.15) is 12.7 Å². The Morgan fingerprint density at radius 3 is 3.00 bits per heavy atom. The van der Waals surface area contributed by atoms with Gasteiger partial charge in [0, 0.05) is 26.7 Å². The molecule has 0 saturated carbocycles. The monoisotopic (exact) mass is 256 g/mol. The highest BCUT2D eigenvalue weighted by Crippen LogP contribution is 2.05. The van der Waals surface area contributed by atoms with E-state index in [1.807, 2.05) is 12.1 Å². The lowest BCUT2D eigenvalue weighted by molar-refractivity contribution is 0.104. The molecule has 1 rings (SSSR count). The lowest BCUT2D eigenvalue weighted by Crippen LogP contribution is -2.38. The second-order valence-electron chi connectivity index (χ2n) is 4.26. The maximum Gasteiger partial charge on any atom is 0.117 e. The lowest BCUT2D eigenvalue weighted by Gasteiger charge is -2.22. The normalized spacial score (nSPS) is 13.1. The van der Waals surface area contributed by atoms with Crippen LogP contribution in [0.15, 0.2) is 22.8 Å². The van der Waals surface area contributed by atoms with Crippen LogP contribution in [0, 0.1) is 0 Å². The summed E-state index contributed by atoms with van der Waals surface area (Å²) in [4.78, 5) is 2.15. The van der Waals surface area contributed by atoms with E-state index in [0.29, 0.717) is 19.7 Å². The summed E-state index contributed by atoms with van der Waals surface area (Å²) in [6.07, 6.45) is 1.29. The van der Waals surface area contributed by atoms with E-state index in [1.54, 1.807) is 13.4 Å². The molecule has 5 heteroatoms. The first-order chi connectivity index (χ1) is 8.76. The fourth-order valence-corrected chi connectivity index (χ4v) is 1.73. The van der Waals surface area contributed by atoms with Crippen molar-refractivity contribution >= 4 is 0 Å². The van der Waals surface area contributed by atoms with Gasteiger partial charge in [0.2, 0.25) is 0 Å². The number of methoxy groups -OCH3 is 1. The van der Waals surface area contributed by atoms with Crippen molar-refractivity contribution in [3.63, 3.8) is 0 Å². The van der Waals surface area contributed by atoms with Crippen LogP contribution in [0.5, 0.6) is 0 Å². The van der Waals surface area contributed by atoms with Gasteiger partial charge >= 0.3 is 0 Å². The molecule has 0 aromatic carbocycles. The van der Waals surface area contributed by atoms with Gasteiger partial charge in [0.1, 0.15) is 5.76 Å². The fourth-order valence-electron chi connectivity index (χ4n) is 1.73. The molecule has 2 N–H and O–H groups in total. The highest BCUT2D eigenvalue weighted by molar-refractivity contribution is 4.97. The summed E-state index contributed by atoms with van der Waals surface area (Å²) in [6, 6.07) is 3.83. The number of hydrogen-bond acceptors (Lipinski definition) is 5. The number of likely N-dealkylation sites (N-methyl/N-ethyl adjacent to an activating group) is 1. The van der Waals surface area contributed by atoms with E-state index in [2.05, 4.69) is 17.1 Å². The Balaban J connectivity index is 2.20. The zero-order chi connectivity index (χ0) is 13.2. The average Bonchev–Trinajstić information content (AvgIpc) is 2.86. The molecule has 0 amide bonds. The van der Waals surface area contributed by atoms with Crippen molar-refractivity contribution in [2.75, 3.05) is 39.9 Å². The Morgan fingerprint density at radius 2 is 2.39 bits per heavy atom. The zero-order valence-electron chi connectivity index (χ0n) is 11.3. The highest BCUT2D eigenvalue weighted by atomic mass is 16.5. The third-order valence-corrected chi connectivity index (χ3v) is 2.74. The van der Waals surface area contributed by atoms with Crippen LogP contribution in [-0.4, -0.2) is 56.0 Å². The number of aliphatic hydroxyl groups is 1. The minimum atomic E-state index is -0.378. The van der Waals surface area contributed by atoms with Gasteiger partial charge in [-0.2, -0.15) is 0 Å². The lowest BCUT2D eigenvalue weighted by atomic mass is 10.3. The molecule has 1 aromatic heterocycles. The maximum absolute atomic E-state index is 9.90. The molecule has 0 spiro atoms. The summed E-state index contributed by atoms with van der Waals surface area (Å²) >= 11 is 0. The minimum Gasteiger partial charge on any atom is -0.468 e. The topological polar surface area (TPSA) is 57.9 Å². The summed E-state index contributed by atoms with van der Waals surface area (Å²) in [6.45, 7) is 6.34. The summed E-state index contributed by atoms with van der Waals surface area (Å²) in [7, 11) is 1.67. The second-order valence-corrected chi connectivity index (χ2v) is 4.26. The minimum absolute atomic E-state index is 0.378. The van der Waals surface area contributed by atoms with E-state index in [0.717, 1.165) is 25.4 Å². The molecule has 5 nitrogen and oxygen atoms in total. The fraction of sp³-hybridized carbons (Fsp3) is 0.692. The number of furan rings is 1. The maximum atomic E-state index is 9.90. The van der Waals surface area contributed by atoms with Gasteiger partial charge in [0.25, 0.3) is 0 Å². The molecular weight excluding hydrogens is 232 g/mol. The molecule has 1 unspecified atom stereocenters. The molecular formula is C13H24N2O3. The largest absolute Gasteiger partial charge is 0.468 e. The quantitative estimate of drug-likeness (QED) is 0.603. The molecule has 1 heterocycles. The third kappa shape index (κ3) is 6.16. The van der Waals surface area contributed by atoms with Crippen molar-refractivity contribution in [2.24, 2.45) is 0 Å². The Labute approximate surface area is 109 Å². The van der Waals surface area contributed by atoms with Gasteiger partial charge in [-0.1, -0.05) is 6.92 Å². The summed E-state index contributed by atoms with van der Waals surface area (Å²) in [5, 5.41) is 13.1. The van der Waals surface area contributed by atoms with E-state index in [9.17, 15) is 5.11 Å². The van der Waals surface area contributed by atoms with E-state index in [1.165, 1.54) is 0 Å². The molecule has 104 valence electrons. The summed E-state index contributed by atoms with van der Waals surface area (Å²) < 4.78 is 10.2. The Hall–Kier alpha value is -0.880. The van der Waals surface area contributed by atoms with Crippen LogP contribution in [0.4, 0.5) is 0 Å². The van der Waals surface area contributed by atoms with Crippen LogP contribution in [0.25, 0.3) is 0 Å². The Morgan fingerprint density at radius 1 is 1.56 bits per heavy atom. The van der Waals surface area contributed by atoms with Crippen molar-refractivity contribution < 1.29 is 14.3 Å². The van der Waals surface area contributed by atoms with E-state index < -0.39 is 0 Å². The van der Waals surface area contributed by atoms with Crippen molar-refractivity contribution in [1.82, 2.24) is 10.2 Å². The number of nitrogens with one attached hydrogen (secondary N) is 1. The molecule has 0 fully saturated rings.